The van der Waals surface area contributed by atoms with E-state index in [1.54, 1.807) is 16.6 Å². The molecule has 1 saturated heterocycles. The minimum atomic E-state index is -0.539. The molecule has 0 radical (unpaired) electrons. The van der Waals surface area contributed by atoms with Crippen LogP contribution >= 0.6 is 24.8 Å². The monoisotopic (exact) mass is 368 g/mol. The first-order valence-corrected chi connectivity index (χ1v) is 7.19. The fourth-order valence-corrected chi connectivity index (χ4v) is 2.58. The quantitative estimate of drug-likeness (QED) is 0.722. The number of carbonyl (C=O) groups is 1. The van der Waals surface area contributed by atoms with Crippen molar-refractivity contribution < 1.29 is 9.90 Å². The number of carbonyl (C=O) groups excluding carboxylic acids is 1. The Kier molecular flexibility index (Phi) is 9.64. The van der Waals surface area contributed by atoms with Gasteiger partial charge in [-0.3, -0.25) is 14.4 Å². The SMILES string of the molecule is CNCC(=O)N1CCN(Cc2nc(C)nn2C)CC(O)C1.Cl.Cl. The Hall–Kier alpha value is -0.930. The Morgan fingerprint density at radius 2 is 2.04 bits per heavy atom. The average Bonchev–Trinajstić information content (AvgIpc) is 2.61. The van der Waals surface area contributed by atoms with E-state index in [4.69, 9.17) is 0 Å². The van der Waals surface area contributed by atoms with Crippen molar-refractivity contribution in [2.75, 3.05) is 39.8 Å². The zero-order valence-corrected chi connectivity index (χ0v) is 15.4. The lowest BCUT2D eigenvalue weighted by Crippen LogP contribution is -2.41. The maximum Gasteiger partial charge on any atom is 0.236 e. The van der Waals surface area contributed by atoms with Gasteiger partial charge >= 0.3 is 0 Å². The van der Waals surface area contributed by atoms with Gasteiger partial charge in [0.2, 0.25) is 5.91 Å². The van der Waals surface area contributed by atoms with Crippen LogP contribution in [0.2, 0.25) is 0 Å². The van der Waals surface area contributed by atoms with Crippen LogP contribution in [0.1, 0.15) is 11.6 Å². The first-order chi connectivity index (χ1) is 9.99. The highest BCUT2D eigenvalue weighted by Crippen LogP contribution is 2.08. The van der Waals surface area contributed by atoms with E-state index in [1.165, 1.54) is 0 Å². The van der Waals surface area contributed by atoms with Gasteiger partial charge in [0.15, 0.2) is 0 Å². The van der Waals surface area contributed by atoms with Crippen molar-refractivity contribution >= 4 is 30.7 Å². The van der Waals surface area contributed by atoms with Crippen LogP contribution in [0.3, 0.4) is 0 Å². The Morgan fingerprint density at radius 1 is 1.35 bits per heavy atom. The number of aryl methyl sites for hydroxylation is 2. The molecule has 0 spiro atoms. The summed E-state index contributed by atoms with van der Waals surface area (Å²) in [7, 11) is 3.61. The lowest BCUT2D eigenvalue weighted by atomic mass is 10.3. The second-order valence-electron chi connectivity index (χ2n) is 5.46. The summed E-state index contributed by atoms with van der Waals surface area (Å²) in [5.41, 5.74) is 0. The molecule has 10 heteroatoms. The predicted molar refractivity (Wildman–Crippen MR) is 92.0 cm³/mol. The number of β-amino-alcohol motifs (C(OH)–C–C–N with tert-alkyl or cyclic N) is 1. The van der Waals surface area contributed by atoms with Gasteiger partial charge in [-0.05, 0) is 14.0 Å². The van der Waals surface area contributed by atoms with Crippen LogP contribution in [0.4, 0.5) is 0 Å². The number of rotatable bonds is 4. The highest BCUT2D eigenvalue weighted by atomic mass is 35.5. The number of nitrogens with zero attached hydrogens (tertiary/aromatic N) is 5. The zero-order chi connectivity index (χ0) is 15.4. The molecular weight excluding hydrogens is 343 g/mol. The largest absolute Gasteiger partial charge is 0.390 e. The molecule has 1 unspecified atom stereocenters. The molecule has 0 aliphatic carbocycles. The molecule has 1 fully saturated rings. The minimum Gasteiger partial charge on any atom is -0.390 e. The Bertz CT molecular complexity index is 499. The molecule has 1 aliphatic rings. The van der Waals surface area contributed by atoms with Gasteiger partial charge in [-0.1, -0.05) is 0 Å². The maximum atomic E-state index is 11.9. The topological polar surface area (TPSA) is 86.5 Å². The van der Waals surface area contributed by atoms with E-state index in [0.29, 0.717) is 32.7 Å². The molecule has 23 heavy (non-hydrogen) atoms. The van der Waals surface area contributed by atoms with Crippen molar-refractivity contribution in [3.63, 3.8) is 0 Å². The molecule has 2 N–H and O–H groups in total. The summed E-state index contributed by atoms with van der Waals surface area (Å²) in [5.74, 6) is 1.64. The van der Waals surface area contributed by atoms with Crippen molar-refractivity contribution in [2.24, 2.45) is 7.05 Å². The summed E-state index contributed by atoms with van der Waals surface area (Å²) < 4.78 is 1.76. The molecule has 1 aliphatic heterocycles. The lowest BCUT2D eigenvalue weighted by molar-refractivity contribution is -0.131. The molecule has 2 heterocycles. The van der Waals surface area contributed by atoms with Gasteiger partial charge in [0.05, 0.1) is 19.2 Å². The standard InChI is InChI=1S/C13H24N6O2.2ClH/c1-10-15-12(17(3)16-10)9-18-4-5-19(8-11(20)7-18)13(21)6-14-2;;/h11,14,20H,4-9H2,1-3H3;2*1H. The molecule has 0 aromatic carbocycles. The number of aliphatic hydroxyl groups excluding tert-OH is 1. The number of nitrogens with one attached hydrogen (secondary N) is 1. The van der Waals surface area contributed by atoms with Crippen molar-refractivity contribution in [1.29, 1.82) is 0 Å². The van der Waals surface area contributed by atoms with Crippen LogP contribution in [-0.4, -0.2) is 81.5 Å². The van der Waals surface area contributed by atoms with Crippen molar-refractivity contribution in [3.05, 3.63) is 11.6 Å². The van der Waals surface area contributed by atoms with Gasteiger partial charge in [-0.15, -0.1) is 24.8 Å². The van der Waals surface area contributed by atoms with E-state index in [0.717, 1.165) is 18.2 Å². The van der Waals surface area contributed by atoms with Crippen LogP contribution in [-0.2, 0) is 18.4 Å². The molecule has 1 aromatic heterocycles. The molecule has 8 nitrogen and oxygen atoms in total. The average molecular weight is 369 g/mol. The molecular formula is C13H26Cl2N6O2. The Balaban J connectivity index is 0.00000242. The van der Waals surface area contributed by atoms with E-state index in [-0.39, 0.29) is 30.7 Å². The number of hydrogen-bond acceptors (Lipinski definition) is 6. The zero-order valence-electron chi connectivity index (χ0n) is 13.7. The summed E-state index contributed by atoms with van der Waals surface area (Å²) in [6, 6.07) is 0. The van der Waals surface area contributed by atoms with Gasteiger partial charge in [-0.2, -0.15) is 5.10 Å². The van der Waals surface area contributed by atoms with Gasteiger partial charge < -0.3 is 15.3 Å². The molecule has 1 aromatic rings. The summed E-state index contributed by atoms with van der Waals surface area (Å²) >= 11 is 0. The summed E-state index contributed by atoms with van der Waals surface area (Å²) in [5, 5.41) is 17.2. The van der Waals surface area contributed by atoms with Crippen LogP contribution in [0, 0.1) is 6.92 Å². The van der Waals surface area contributed by atoms with Crippen LogP contribution < -0.4 is 5.32 Å². The number of amides is 1. The molecule has 1 amide bonds. The Morgan fingerprint density at radius 3 is 2.61 bits per heavy atom. The predicted octanol–water partition coefficient (Wildman–Crippen LogP) is -0.808. The summed E-state index contributed by atoms with van der Waals surface area (Å²) in [6.45, 7) is 5.05. The van der Waals surface area contributed by atoms with E-state index in [1.807, 2.05) is 14.0 Å². The molecule has 134 valence electrons. The lowest BCUT2D eigenvalue weighted by Gasteiger charge is -2.21. The van der Waals surface area contributed by atoms with Gasteiger partial charge in [0, 0.05) is 33.2 Å². The number of halogens is 2. The minimum absolute atomic E-state index is 0. The van der Waals surface area contributed by atoms with Crippen molar-refractivity contribution in [1.82, 2.24) is 29.9 Å². The number of hydrogen-bond donors (Lipinski definition) is 2. The summed E-state index contributed by atoms with van der Waals surface area (Å²) in [4.78, 5) is 20.1. The fraction of sp³-hybridized carbons (Fsp3) is 0.769. The third kappa shape index (κ3) is 6.23. The van der Waals surface area contributed by atoms with Crippen LogP contribution in [0.5, 0.6) is 0 Å². The van der Waals surface area contributed by atoms with Gasteiger partial charge in [0.1, 0.15) is 11.6 Å². The summed E-state index contributed by atoms with van der Waals surface area (Å²) in [6.07, 6.45) is -0.539. The molecule has 0 saturated carbocycles. The van der Waals surface area contributed by atoms with E-state index in [2.05, 4.69) is 20.3 Å². The first kappa shape index (κ1) is 22.1. The number of likely N-dealkylation sites (N-methyl/N-ethyl adjacent to an activating group) is 1. The maximum absolute atomic E-state index is 11.9. The normalized spacial score (nSPS) is 18.8. The Labute approximate surface area is 149 Å². The fourth-order valence-electron chi connectivity index (χ4n) is 2.58. The second-order valence-corrected chi connectivity index (χ2v) is 5.46. The third-order valence-corrected chi connectivity index (χ3v) is 3.59. The number of aromatic nitrogens is 3. The smallest absolute Gasteiger partial charge is 0.236 e. The van der Waals surface area contributed by atoms with Gasteiger partial charge in [-0.25, -0.2) is 4.98 Å². The molecule has 1 atom stereocenters. The van der Waals surface area contributed by atoms with E-state index >= 15 is 0 Å². The highest BCUT2D eigenvalue weighted by molar-refractivity contribution is 5.85. The van der Waals surface area contributed by atoms with Crippen LogP contribution in [0.15, 0.2) is 0 Å². The first-order valence-electron chi connectivity index (χ1n) is 7.19. The molecule has 0 bridgehead atoms. The third-order valence-electron chi connectivity index (χ3n) is 3.59. The molecule has 2 rings (SSSR count). The van der Waals surface area contributed by atoms with Crippen molar-refractivity contribution in [3.8, 4) is 0 Å². The van der Waals surface area contributed by atoms with E-state index in [9.17, 15) is 9.90 Å². The van der Waals surface area contributed by atoms with Crippen LogP contribution in [0.25, 0.3) is 0 Å². The second kappa shape index (κ2) is 10.0. The number of aliphatic hydroxyl groups is 1. The van der Waals surface area contributed by atoms with E-state index < -0.39 is 6.10 Å². The highest BCUT2D eigenvalue weighted by Gasteiger charge is 2.24. The van der Waals surface area contributed by atoms with Gasteiger partial charge in [0.25, 0.3) is 0 Å². The van der Waals surface area contributed by atoms with Crippen molar-refractivity contribution in [2.45, 2.75) is 19.6 Å².